The van der Waals surface area contributed by atoms with Crippen LogP contribution in [0.5, 0.6) is 0 Å². The molecule has 0 radical (unpaired) electrons. The molecule has 1 heterocycles. The number of carbonyl (C=O) groups is 1. The summed E-state index contributed by atoms with van der Waals surface area (Å²) in [4.78, 5) is 15.5. The lowest BCUT2D eigenvalue weighted by molar-refractivity contribution is -0.145. The zero-order chi connectivity index (χ0) is 19.8. The van der Waals surface area contributed by atoms with Crippen molar-refractivity contribution in [3.63, 3.8) is 0 Å². The Morgan fingerprint density at radius 3 is 2.68 bits per heavy atom. The van der Waals surface area contributed by atoms with Gasteiger partial charge in [-0.05, 0) is 68.9 Å². The lowest BCUT2D eigenvalue weighted by atomic mass is 9.91. The summed E-state index contributed by atoms with van der Waals surface area (Å²) in [7, 11) is 0. The maximum absolute atomic E-state index is 13.4. The van der Waals surface area contributed by atoms with Crippen molar-refractivity contribution < 1.29 is 9.53 Å². The van der Waals surface area contributed by atoms with E-state index in [0.717, 1.165) is 68.2 Å². The Labute approximate surface area is 176 Å². The van der Waals surface area contributed by atoms with E-state index in [1.165, 1.54) is 6.21 Å². The molecule has 0 aromatic carbocycles. The third kappa shape index (κ3) is 3.99. The predicted octanol–water partition coefficient (Wildman–Crippen LogP) is 3.87. The topological polar surface area (TPSA) is 79.4 Å². The molecule has 3 aliphatic carbocycles. The van der Waals surface area contributed by atoms with Crippen LogP contribution in [0.4, 0.5) is 0 Å². The number of carbonyl (C=O) groups excluding carboxylic acids is 1. The molecule has 28 heavy (non-hydrogen) atoms. The monoisotopic (exact) mass is 425 g/mol. The van der Waals surface area contributed by atoms with Crippen molar-refractivity contribution in [3.8, 4) is 0 Å². The summed E-state index contributed by atoms with van der Waals surface area (Å²) in [6.07, 6.45) is 10.7. The van der Waals surface area contributed by atoms with Gasteiger partial charge in [0.25, 0.3) is 5.91 Å². The molecule has 1 saturated carbocycles. The van der Waals surface area contributed by atoms with E-state index in [9.17, 15) is 4.79 Å². The van der Waals surface area contributed by atoms with Gasteiger partial charge in [-0.2, -0.15) is 0 Å². The molecule has 4 aliphatic rings. The van der Waals surface area contributed by atoms with Crippen LogP contribution in [0.25, 0.3) is 0 Å². The number of hydrogen-bond donors (Lipinski definition) is 2. The molecule has 4 rings (SSSR count). The highest BCUT2D eigenvalue weighted by molar-refractivity contribution is 6.31. The minimum atomic E-state index is -0.405. The van der Waals surface area contributed by atoms with Crippen molar-refractivity contribution in [2.24, 2.45) is 5.73 Å². The Balaban J connectivity index is 1.44. The molecule has 1 aliphatic heterocycles. The van der Waals surface area contributed by atoms with E-state index in [2.05, 4.69) is 11.0 Å². The largest absolute Gasteiger partial charge is 0.402 e. The number of amides is 1. The predicted molar refractivity (Wildman–Crippen MR) is 112 cm³/mol. The fourth-order valence-corrected chi connectivity index (χ4v) is 5.41. The maximum Gasteiger partial charge on any atom is 0.252 e. The van der Waals surface area contributed by atoms with E-state index < -0.39 is 6.10 Å². The molecule has 154 valence electrons. The summed E-state index contributed by atoms with van der Waals surface area (Å²) in [5.74, 6) is 0.102. The first-order valence-corrected chi connectivity index (χ1v) is 11.3. The maximum atomic E-state index is 13.4. The molecule has 0 aromatic rings. The zero-order valence-corrected chi connectivity index (χ0v) is 17.6. The summed E-state index contributed by atoms with van der Waals surface area (Å²) >= 11 is 12.9. The molecule has 0 aromatic heterocycles. The van der Waals surface area contributed by atoms with Crippen molar-refractivity contribution in [2.75, 3.05) is 0 Å². The Morgan fingerprint density at radius 1 is 1.18 bits per heavy atom. The Kier molecular flexibility index (Phi) is 6.05. The lowest BCUT2D eigenvalue weighted by Crippen LogP contribution is -2.48. The smallest absolute Gasteiger partial charge is 0.252 e. The molecule has 2 fully saturated rings. The van der Waals surface area contributed by atoms with Gasteiger partial charge in [0.15, 0.2) is 0 Å². The second-order valence-electron chi connectivity index (χ2n) is 8.46. The number of nitrogens with two attached hydrogens (primary N) is 1. The molecule has 7 heteroatoms. The van der Waals surface area contributed by atoms with Crippen molar-refractivity contribution in [3.05, 3.63) is 22.9 Å². The van der Waals surface area contributed by atoms with Gasteiger partial charge in [-0.25, -0.2) is 0 Å². The summed E-state index contributed by atoms with van der Waals surface area (Å²) in [6.45, 7) is 0. The molecular weight excluding hydrogens is 397 g/mol. The summed E-state index contributed by atoms with van der Waals surface area (Å²) in [6, 6.07) is 0.432. The normalized spacial score (nSPS) is 36.2. The van der Waals surface area contributed by atoms with Crippen LogP contribution in [0.1, 0.15) is 57.8 Å². The van der Waals surface area contributed by atoms with E-state index in [4.69, 9.17) is 39.1 Å². The molecule has 3 N–H and O–H groups in total. The fourth-order valence-electron chi connectivity index (χ4n) is 4.79. The lowest BCUT2D eigenvalue weighted by Gasteiger charge is -2.36. The van der Waals surface area contributed by atoms with Gasteiger partial charge in [0.1, 0.15) is 6.10 Å². The molecule has 5 unspecified atom stereocenters. The van der Waals surface area contributed by atoms with Crippen LogP contribution in [0.2, 0.25) is 0 Å². The van der Waals surface area contributed by atoms with Crippen LogP contribution in [-0.2, 0) is 9.53 Å². The number of alkyl halides is 2. The SMILES string of the molecule is N=CC1=C(N)CCC(N(C(=O)C2CCC(C3=CCCC(Cl)C3Cl)O2)C2CC2)C1. The average molecular weight is 426 g/mol. The van der Waals surface area contributed by atoms with Crippen LogP contribution in [0, 0.1) is 5.41 Å². The van der Waals surface area contributed by atoms with Crippen LogP contribution in [-0.4, -0.2) is 52.1 Å². The minimum absolute atomic E-state index is 0.0676. The fraction of sp³-hybridized carbons (Fsp3) is 0.714. The van der Waals surface area contributed by atoms with Gasteiger partial charge in [-0.1, -0.05) is 6.08 Å². The van der Waals surface area contributed by atoms with Crippen molar-refractivity contribution in [1.82, 2.24) is 4.90 Å². The van der Waals surface area contributed by atoms with E-state index in [1.54, 1.807) is 0 Å². The van der Waals surface area contributed by atoms with Crippen molar-refractivity contribution >= 4 is 35.3 Å². The number of hydrogen-bond acceptors (Lipinski definition) is 4. The summed E-state index contributed by atoms with van der Waals surface area (Å²) in [5, 5.41) is 7.33. The van der Waals surface area contributed by atoms with Crippen LogP contribution in [0.3, 0.4) is 0 Å². The number of allylic oxidation sites excluding steroid dienone is 2. The molecule has 1 saturated heterocycles. The van der Waals surface area contributed by atoms with Gasteiger partial charge in [-0.15, -0.1) is 23.2 Å². The molecule has 0 spiro atoms. The molecule has 1 amide bonds. The number of ether oxygens (including phenoxy) is 1. The highest BCUT2D eigenvalue weighted by Gasteiger charge is 2.44. The first-order valence-electron chi connectivity index (χ1n) is 10.4. The number of halogens is 2. The highest BCUT2D eigenvalue weighted by atomic mass is 35.5. The first-order chi connectivity index (χ1) is 13.5. The standard InChI is InChI=1S/C21H29Cl2N3O2/c22-16-3-1-2-15(20(16)23)18-8-9-19(28-18)21(27)26(13-4-5-13)14-6-7-17(25)12(10-14)11-24/h2,11,13-14,16,18-20,24H,1,3-10,25H2. The van der Waals surface area contributed by atoms with Crippen LogP contribution in [0.15, 0.2) is 22.9 Å². The Morgan fingerprint density at radius 2 is 1.96 bits per heavy atom. The Bertz CT molecular complexity index is 704. The molecular formula is C21H29Cl2N3O2. The molecule has 5 nitrogen and oxygen atoms in total. The molecule has 0 bridgehead atoms. The van der Waals surface area contributed by atoms with Crippen molar-refractivity contribution in [2.45, 2.75) is 92.8 Å². The summed E-state index contributed by atoms with van der Waals surface area (Å²) in [5.41, 5.74) is 8.75. The van der Waals surface area contributed by atoms with Gasteiger partial charge < -0.3 is 20.8 Å². The van der Waals surface area contributed by atoms with Gasteiger partial charge in [-0.3, -0.25) is 4.79 Å². The summed E-state index contributed by atoms with van der Waals surface area (Å²) < 4.78 is 6.22. The first kappa shape index (κ1) is 20.2. The second kappa shape index (κ2) is 8.37. The van der Waals surface area contributed by atoms with E-state index in [1.807, 2.05) is 0 Å². The highest BCUT2D eigenvalue weighted by Crippen LogP contribution is 2.39. The van der Waals surface area contributed by atoms with Gasteiger partial charge in [0.2, 0.25) is 0 Å². The van der Waals surface area contributed by atoms with Crippen LogP contribution >= 0.6 is 23.2 Å². The third-order valence-electron chi connectivity index (χ3n) is 6.50. The zero-order valence-electron chi connectivity index (χ0n) is 16.1. The number of rotatable bonds is 5. The third-order valence-corrected chi connectivity index (χ3v) is 7.66. The Hall–Kier alpha value is -1.04. The van der Waals surface area contributed by atoms with Gasteiger partial charge in [0.05, 0.1) is 16.9 Å². The average Bonchev–Trinajstić information content (AvgIpc) is 3.40. The van der Waals surface area contributed by atoms with E-state index >= 15 is 0 Å². The minimum Gasteiger partial charge on any atom is -0.402 e. The van der Waals surface area contributed by atoms with Gasteiger partial charge in [0, 0.05) is 24.0 Å². The second-order valence-corrected chi connectivity index (χ2v) is 9.49. The van der Waals surface area contributed by atoms with E-state index in [-0.39, 0.29) is 28.8 Å². The number of nitrogens with one attached hydrogen (secondary N) is 1. The van der Waals surface area contributed by atoms with Gasteiger partial charge >= 0.3 is 0 Å². The van der Waals surface area contributed by atoms with E-state index in [0.29, 0.717) is 12.5 Å². The quantitative estimate of drug-likeness (QED) is 0.398. The molecule has 5 atom stereocenters. The van der Waals surface area contributed by atoms with Crippen LogP contribution < -0.4 is 5.73 Å². The number of nitrogens with zero attached hydrogens (tertiary/aromatic N) is 1. The van der Waals surface area contributed by atoms with Crippen molar-refractivity contribution in [1.29, 1.82) is 5.41 Å².